The molecule has 0 radical (unpaired) electrons. The van der Waals surface area contributed by atoms with E-state index in [1.165, 1.54) is 12.1 Å². The van der Waals surface area contributed by atoms with Crippen LogP contribution < -0.4 is 15.4 Å². The van der Waals surface area contributed by atoms with Crippen LogP contribution in [0.2, 0.25) is 5.02 Å². The molecule has 9 nitrogen and oxygen atoms in total. The Morgan fingerprint density at radius 1 is 1.09 bits per heavy atom. The number of non-ortho nitro benzene ring substituents is 1. The third kappa shape index (κ3) is 6.85. The van der Waals surface area contributed by atoms with Gasteiger partial charge in [-0.25, -0.2) is 4.68 Å². The van der Waals surface area contributed by atoms with E-state index < -0.39 is 29.1 Å². The van der Waals surface area contributed by atoms with E-state index in [2.05, 4.69) is 31.7 Å². The highest BCUT2D eigenvalue weighted by Crippen LogP contribution is 2.45. The summed E-state index contributed by atoms with van der Waals surface area (Å²) in [7, 11) is 0. The van der Waals surface area contributed by atoms with Crippen molar-refractivity contribution in [1.82, 2.24) is 9.78 Å². The SMILES string of the molecule is O=C(Nc1cc(Oc2ccc(Cl)cc2C2CCCCC2)cc([N+](=O)[O-])c1)c1cnn2c1N[C@@H](c1ccc(Br)cc1)C[C@H]2C(F)(F)F. The van der Waals surface area contributed by atoms with Gasteiger partial charge in [0.15, 0.2) is 6.04 Å². The van der Waals surface area contributed by atoms with Gasteiger partial charge in [-0.1, -0.05) is 58.9 Å². The van der Waals surface area contributed by atoms with E-state index in [0.717, 1.165) is 59.1 Å². The first-order valence-electron chi connectivity index (χ1n) is 14.7. The number of fused-ring (bicyclic) bond motifs is 1. The first-order valence-corrected chi connectivity index (χ1v) is 15.9. The van der Waals surface area contributed by atoms with Crippen molar-refractivity contribution in [2.24, 2.45) is 0 Å². The van der Waals surface area contributed by atoms with Crippen LogP contribution in [0.15, 0.2) is 71.3 Å². The van der Waals surface area contributed by atoms with Gasteiger partial charge in [-0.3, -0.25) is 14.9 Å². The van der Waals surface area contributed by atoms with Gasteiger partial charge in [0.25, 0.3) is 11.6 Å². The molecule has 2 N–H and O–H groups in total. The number of anilines is 2. The molecule has 46 heavy (non-hydrogen) atoms. The maximum atomic E-state index is 14.2. The smallest absolute Gasteiger partial charge is 0.410 e. The number of hydrogen-bond acceptors (Lipinski definition) is 6. The lowest BCUT2D eigenvalue weighted by Gasteiger charge is -2.34. The van der Waals surface area contributed by atoms with Crippen LogP contribution in [0.1, 0.15) is 78.0 Å². The molecule has 240 valence electrons. The average Bonchev–Trinajstić information content (AvgIpc) is 3.46. The van der Waals surface area contributed by atoms with E-state index in [-0.39, 0.29) is 40.8 Å². The van der Waals surface area contributed by atoms with E-state index in [4.69, 9.17) is 16.3 Å². The van der Waals surface area contributed by atoms with Gasteiger partial charge in [-0.05, 0) is 60.2 Å². The summed E-state index contributed by atoms with van der Waals surface area (Å²) < 4.78 is 50.2. The summed E-state index contributed by atoms with van der Waals surface area (Å²) in [5.74, 6) is -0.0816. The van der Waals surface area contributed by atoms with Crippen molar-refractivity contribution in [3.8, 4) is 11.5 Å². The number of rotatable bonds is 7. The van der Waals surface area contributed by atoms with Gasteiger partial charge in [-0.15, -0.1) is 0 Å². The molecule has 14 heteroatoms. The minimum atomic E-state index is -4.63. The van der Waals surface area contributed by atoms with Crippen molar-refractivity contribution in [2.75, 3.05) is 10.6 Å². The van der Waals surface area contributed by atoms with Crippen LogP contribution in [0.3, 0.4) is 0 Å². The Morgan fingerprint density at radius 3 is 2.52 bits per heavy atom. The molecular weight excluding hydrogens is 691 g/mol. The molecule has 0 saturated heterocycles. The van der Waals surface area contributed by atoms with E-state index in [0.29, 0.717) is 16.3 Å². The summed E-state index contributed by atoms with van der Waals surface area (Å²) in [6, 6.07) is 13.2. The number of benzene rings is 3. The Morgan fingerprint density at radius 2 is 1.83 bits per heavy atom. The highest BCUT2D eigenvalue weighted by Gasteiger charge is 2.47. The predicted octanol–water partition coefficient (Wildman–Crippen LogP) is 9.96. The zero-order valence-corrected chi connectivity index (χ0v) is 26.5. The molecule has 0 bridgehead atoms. The van der Waals surface area contributed by atoms with Gasteiger partial charge in [0.05, 0.1) is 28.9 Å². The van der Waals surface area contributed by atoms with Crippen molar-refractivity contribution in [3.05, 3.63) is 103 Å². The molecule has 2 heterocycles. The van der Waals surface area contributed by atoms with Crippen molar-refractivity contribution in [2.45, 2.75) is 62.7 Å². The molecule has 1 saturated carbocycles. The van der Waals surface area contributed by atoms with Crippen LogP contribution in [-0.2, 0) is 0 Å². The second kappa shape index (κ2) is 13.0. The standard InChI is InChI=1S/C32H28BrClF3N5O4/c33-20-8-6-19(7-9-20)27-16-29(32(35,36)37)41-30(40-27)26(17-38-41)31(43)39-22-13-23(42(44)45)15-24(14-22)46-28-11-10-21(34)12-25(28)18-4-2-1-3-5-18/h6-15,17-18,27,29,40H,1-5,16H2,(H,39,43)/t27-,29+/m1/s1. The minimum Gasteiger partial charge on any atom is -0.457 e. The molecular formula is C32H28BrClF3N5O4. The number of nitro groups is 1. The number of carbonyl (C=O) groups is 1. The van der Waals surface area contributed by atoms with Gasteiger partial charge in [0.1, 0.15) is 22.9 Å². The summed E-state index contributed by atoms with van der Waals surface area (Å²) >= 11 is 9.64. The number of amides is 1. The van der Waals surface area contributed by atoms with Crippen LogP contribution in [-0.4, -0.2) is 26.8 Å². The zero-order chi connectivity index (χ0) is 32.6. The molecule has 2 aliphatic rings. The third-order valence-electron chi connectivity index (χ3n) is 8.36. The number of nitrogens with one attached hydrogen (secondary N) is 2. The van der Waals surface area contributed by atoms with E-state index in [9.17, 15) is 28.1 Å². The van der Waals surface area contributed by atoms with E-state index in [1.807, 2.05) is 6.07 Å². The Kier molecular flexibility index (Phi) is 8.97. The number of carbonyl (C=O) groups excluding carboxylic acids is 1. The van der Waals surface area contributed by atoms with Crippen LogP contribution in [0.25, 0.3) is 0 Å². The molecule has 4 aromatic rings. The number of nitrogens with zero attached hydrogens (tertiary/aromatic N) is 3. The predicted molar refractivity (Wildman–Crippen MR) is 171 cm³/mol. The normalized spacial score (nSPS) is 18.4. The Bertz CT molecular complexity index is 1780. The van der Waals surface area contributed by atoms with Gasteiger partial charge >= 0.3 is 6.18 Å². The molecule has 1 amide bonds. The second-order valence-electron chi connectivity index (χ2n) is 11.4. The number of aromatic nitrogens is 2. The van der Waals surface area contributed by atoms with Crippen molar-refractivity contribution >= 4 is 50.6 Å². The fourth-order valence-corrected chi connectivity index (χ4v) is 6.58. The number of nitro benzene ring substituents is 1. The maximum Gasteiger partial charge on any atom is 0.410 e. The molecule has 0 unspecified atom stereocenters. The van der Waals surface area contributed by atoms with E-state index >= 15 is 0 Å². The number of ether oxygens (including phenoxy) is 1. The van der Waals surface area contributed by atoms with Crippen molar-refractivity contribution in [1.29, 1.82) is 0 Å². The first-order chi connectivity index (χ1) is 22.0. The third-order valence-corrected chi connectivity index (χ3v) is 9.12. The average molecular weight is 719 g/mol. The highest BCUT2D eigenvalue weighted by atomic mass is 79.9. The Labute approximate surface area is 275 Å². The van der Waals surface area contributed by atoms with Crippen molar-refractivity contribution in [3.63, 3.8) is 0 Å². The maximum absolute atomic E-state index is 14.2. The molecule has 6 rings (SSSR count). The monoisotopic (exact) mass is 717 g/mol. The zero-order valence-electron chi connectivity index (χ0n) is 24.2. The Hall–Kier alpha value is -4.10. The topological polar surface area (TPSA) is 111 Å². The summed E-state index contributed by atoms with van der Waals surface area (Å²) in [6.07, 6.45) is 1.33. The van der Waals surface area contributed by atoms with Gasteiger partial charge in [0, 0.05) is 28.0 Å². The van der Waals surface area contributed by atoms with Gasteiger partial charge in [0.2, 0.25) is 0 Å². The fraction of sp³-hybridized carbons (Fsp3) is 0.312. The molecule has 1 aliphatic heterocycles. The highest BCUT2D eigenvalue weighted by molar-refractivity contribution is 9.10. The Balaban J connectivity index is 1.30. The molecule has 1 aliphatic carbocycles. The summed E-state index contributed by atoms with van der Waals surface area (Å²) in [4.78, 5) is 24.7. The van der Waals surface area contributed by atoms with Crippen molar-refractivity contribution < 1.29 is 27.6 Å². The molecule has 2 atom stereocenters. The quantitative estimate of drug-likeness (QED) is 0.145. The lowest BCUT2D eigenvalue weighted by molar-refractivity contribution is -0.384. The van der Waals surface area contributed by atoms with Crippen LogP contribution in [0, 0.1) is 10.1 Å². The second-order valence-corrected chi connectivity index (χ2v) is 12.8. The lowest BCUT2D eigenvalue weighted by Crippen LogP contribution is -2.36. The molecule has 3 aromatic carbocycles. The largest absolute Gasteiger partial charge is 0.457 e. The number of halogens is 5. The summed E-state index contributed by atoms with van der Waals surface area (Å²) in [5.41, 5.74) is 1.04. The summed E-state index contributed by atoms with van der Waals surface area (Å²) in [6.45, 7) is 0. The van der Waals surface area contributed by atoms with Crippen LogP contribution >= 0.6 is 27.5 Å². The van der Waals surface area contributed by atoms with Gasteiger partial charge < -0.3 is 15.4 Å². The van der Waals surface area contributed by atoms with Crippen LogP contribution in [0.5, 0.6) is 11.5 Å². The number of hydrogen-bond donors (Lipinski definition) is 2. The molecule has 1 fully saturated rings. The van der Waals surface area contributed by atoms with Crippen LogP contribution in [0.4, 0.5) is 30.4 Å². The minimum absolute atomic E-state index is 0.0231. The first kappa shape index (κ1) is 31.9. The van der Waals surface area contributed by atoms with E-state index in [1.54, 1.807) is 36.4 Å². The molecule has 1 aromatic heterocycles. The fourth-order valence-electron chi connectivity index (χ4n) is 6.13. The van der Waals surface area contributed by atoms with Gasteiger partial charge in [-0.2, -0.15) is 18.3 Å². The summed E-state index contributed by atoms with van der Waals surface area (Å²) in [5, 5.41) is 21.9. The molecule has 0 spiro atoms. The number of alkyl halides is 3. The lowest BCUT2D eigenvalue weighted by atomic mass is 9.84.